The maximum absolute atomic E-state index is 5.25. The fourth-order valence-electron chi connectivity index (χ4n) is 1.24. The molecule has 0 aliphatic rings. The predicted octanol–water partition coefficient (Wildman–Crippen LogP) is 1.82. The topological polar surface area (TPSA) is 48.4 Å². The second kappa shape index (κ2) is 2.97. The number of nitrogens with two attached hydrogens (primary N) is 1. The summed E-state index contributed by atoms with van der Waals surface area (Å²) in [5, 5.41) is 2.13. The molecule has 0 bridgehead atoms. The molecule has 1 aromatic heterocycles. The van der Waals surface area contributed by atoms with Crippen molar-refractivity contribution in [3.63, 3.8) is 0 Å². The minimum absolute atomic E-state index is 0.313. The summed E-state index contributed by atoms with van der Waals surface area (Å²) in [6, 6.07) is 7.88. The van der Waals surface area contributed by atoms with Crippen LogP contribution < -0.4 is 5.90 Å². The zero-order chi connectivity index (χ0) is 8.39. The van der Waals surface area contributed by atoms with Crippen molar-refractivity contribution in [2.24, 2.45) is 5.90 Å². The standard InChI is InChI=1S/C9H9NO2/c10-12-6-9-8-4-2-1-3-7(8)5-11-9/h1-5H,6,10H2. The molecular weight excluding hydrogens is 154 g/mol. The van der Waals surface area contributed by atoms with Crippen LogP contribution in [-0.2, 0) is 11.4 Å². The van der Waals surface area contributed by atoms with E-state index in [0.29, 0.717) is 6.61 Å². The van der Waals surface area contributed by atoms with Gasteiger partial charge in [0.15, 0.2) is 0 Å². The van der Waals surface area contributed by atoms with E-state index in [9.17, 15) is 0 Å². The molecule has 0 aliphatic heterocycles. The lowest BCUT2D eigenvalue weighted by atomic mass is 10.2. The van der Waals surface area contributed by atoms with Crippen molar-refractivity contribution >= 4 is 10.8 Å². The third kappa shape index (κ3) is 1.09. The van der Waals surface area contributed by atoms with Crippen LogP contribution in [0.3, 0.4) is 0 Å². The third-order valence-corrected chi connectivity index (χ3v) is 1.80. The lowest BCUT2D eigenvalue weighted by molar-refractivity contribution is 0.110. The van der Waals surface area contributed by atoms with E-state index in [4.69, 9.17) is 10.3 Å². The van der Waals surface area contributed by atoms with Crippen LogP contribution >= 0.6 is 0 Å². The van der Waals surface area contributed by atoms with E-state index in [1.54, 1.807) is 6.26 Å². The van der Waals surface area contributed by atoms with Gasteiger partial charge in [0.2, 0.25) is 0 Å². The Morgan fingerprint density at radius 1 is 1.33 bits per heavy atom. The Labute approximate surface area is 69.7 Å². The van der Waals surface area contributed by atoms with Crippen molar-refractivity contribution < 1.29 is 9.25 Å². The molecule has 0 aliphatic carbocycles. The molecular formula is C9H9NO2. The molecule has 0 saturated heterocycles. The zero-order valence-electron chi connectivity index (χ0n) is 6.49. The molecule has 1 aromatic carbocycles. The van der Waals surface area contributed by atoms with Crippen molar-refractivity contribution in [3.8, 4) is 0 Å². The number of fused-ring (bicyclic) bond motifs is 1. The summed E-state index contributed by atoms with van der Waals surface area (Å²) in [5.74, 6) is 5.72. The van der Waals surface area contributed by atoms with Crippen LogP contribution in [0, 0.1) is 0 Å². The number of hydrogen-bond acceptors (Lipinski definition) is 3. The monoisotopic (exact) mass is 163 g/mol. The van der Waals surface area contributed by atoms with E-state index in [-0.39, 0.29) is 0 Å². The molecule has 62 valence electrons. The predicted molar refractivity (Wildman–Crippen MR) is 45.2 cm³/mol. The molecule has 0 amide bonds. The second-order valence-electron chi connectivity index (χ2n) is 2.56. The van der Waals surface area contributed by atoms with E-state index in [0.717, 1.165) is 16.5 Å². The van der Waals surface area contributed by atoms with Crippen LogP contribution in [0.4, 0.5) is 0 Å². The summed E-state index contributed by atoms with van der Waals surface area (Å²) >= 11 is 0. The van der Waals surface area contributed by atoms with Gasteiger partial charge in [-0.05, 0) is 0 Å². The van der Waals surface area contributed by atoms with Crippen LogP contribution in [-0.4, -0.2) is 0 Å². The van der Waals surface area contributed by atoms with Gasteiger partial charge in [-0.15, -0.1) is 0 Å². The smallest absolute Gasteiger partial charge is 0.139 e. The maximum Gasteiger partial charge on any atom is 0.139 e. The third-order valence-electron chi connectivity index (χ3n) is 1.80. The van der Waals surface area contributed by atoms with Crippen molar-refractivity contribution in [1.82, 2.24) is 0 Å². The van der Waals surface area contributed by atoms with Crippen molar-refractivity contribution in [2.75, 3.05) is 0 Å². The molecule has 0 spiro atoms. The molecule has 2 rings (SSSR count). The Balaban J connectivity index is 2.55. The van der Waals surface area contributed by atoms with Gasteiger partial charge in [0.05, 0.1) is 6.26 Å². The van der Waals surface area contributed by atoms with Crippen LogP contribution in [0.15, 0.2) is 34.9 Å². The Morgan fingerprint density at radius 2 is 2.17 bits per heavy atom. The number of benzene rings is 1. The highest BCUT2D eigenvalue weighted by Gasteiger charge is 2.03. The van der Waals surface area contributed by atoms with Crippen molar-refractivity contribution in [2.45, 2.75) is 6.61 Å². The van der Waals surface area contributed by atoms with Crippen LogP contribution in [0.25, 0.3) is 10.8 Å². The second-order valence-corrected chi connectivity index (χ2v) is 2.56. The van der Waals surface area contributed by atoms with E-state index < -0.39 is 0 Å². The molecule has 1 heterocycles. The van der Waals surface area contributed by atoms with Crippen LogP contribution in [0.2, 0.25) is 0 Å². The van der Waals surface area contributed by atoms with Gasteiger partial charge in [-0.1, -0.05) is 24.3 Å². The average molecular weight is 163 g/mol. The Kier molecular flexibility index (Phi) is 1.81. The maximum atomic E-state index is 5.25. The first kappa shape index (κ1) is 7.34. The molecule has 0 atom stereocenters. The first-order chi connectivity index (χ1) is 5.92. The fourth-order valence-corrected chi connectivity index (χ4v) is 1.24. The van der Waals surface area contributed by atoms with Gasteiger partial charge in [0.1, 0.15) is 12.4 Å². The summed E-state index contributed by atoms with van der Waals surface area (Å²) in [7, 11) is 0. The van der Waals surface area contributed by atoms with Crippen LogP contribution in [0.1, 0.15) is 5.76 Å². The molecule has 2 aromatic rings. The van der Waals surface area contributed by atoms with Crippen molar-refractivity contribution in [3.05, 3.63) is 36.3 Å². The van der Waals surface area contributed by atoms with E-state index in [2.05, 4.69) is 4.84 Å². The normalized spacial score (nSPS) is 10.8. The minimum atomic E-state index is 0.313. The van der Waals surface area contributed by atoms with Gasteiger partial charge in [-0.25, -0.2) is 5.90 Å². The molecule has 2 N–H and O–H groups in total. The van der Waals surface area contributed by atoms with Crippen molar-refractivity contribution in [1.29, 1.82) is 0 Å². The lowest BCUT2D eigenvalue weighted by Crippen LogP contribution is -1.97. The van der Waals surface area contributed by atoms with Gasteiger partial charge < -0.3 is 4.42 Å². The summed E-state index contributed by atoms with van der Waals surface area (Å²) in [6.45, 7) is 0.313. The van der Waals surface area contributed by atoms with E-state index in [1.165, 1.54) is 0 Å². The number of rotatable bonds is 2. The summed E-state index contributed by atoms with van der Waals surface area (Å²) < 4.78 is 5.25. The first-order valence-electron chi connectivity index (χ1n) is 3.68. The summed E-state index contributed by atoms with van der Waals surface area (Å²) in [6.07, 6.45) is 1.70. The first-order valence-corrected chi connectivity index (χ1v) is 3.68. The molecule has 12 heavy (non-hydrogen) atoms. The highest BCUT2D eigenvalue weighted by atomic mass is 16.6. The number of furan rings is 1. The molecule has 3 heteroatoms. The Bertz CT molecular complexity index is 381. The van der Waals surface area contributed by atoms with Gasteiger partial charge in [0, 0.05) is 10.8 Å². The van der Waals surface area contributed by atoms with Crippen LogP contribution in [0.5, 0.6) is 0 Å². The molecule has 0 unspecified atom stereocenters. The highest BCUT2D eigenvalue weighted by Crippen LogP contribution is 2.20. The Hall–Kier alpha value is -1.32. The lowest BCUT2D eigenvalue weighted by Gasteiger charge is -1.93. The highest BCUT2D eigenvalue weighted by molar-refractivity contribution is 5.83. The minimum Gasteiger partial charge on any atom is -0.466 e. The van der Waals surface area contributed by atoms with Gasteiger partial charge >= 0.3 is 0 Å². The summed E-state index contributed by atoms with van der Waals surface area (Å²) in [5.41, 5.74) is 0. The summed E-state index contributed by atoms with van der Waals surface area (Å²) in [4.78, 5) is 4.50. The molecule has 0 saturated carbocycles. The van der Waals surface area contributed by atoms with Gasteiger partial charge in [-0.3, -0.25) is 4.84 Å². The molecule has 3 nitrogen and oxygen atoms in total. The van der Waals surface area contributed by atoms with Gasteiger partial charge in [-0.2, -0.15) is 0 Å². The number of hydrogen-bond donors (Lipinski definition) is 1. The Morgan fingerprint density at radius 3 is 3.00 bits per heavy atom. The zero-order valence-corrected chi connectivity index (χ0v) is 6.49. The molecule has 0 fully saturated rings. The fraction of sp³-hybridized carbons (Fsp3) is 0.111. The average Bonchev–Trinajstić information content (AvgIpc) is 2.50. The largest absolute Gasteiger partial charge is 0.466 e. The molecule has 0 radical (unpaired) electrons. The van der Waals surface area contributed by atoms with Gasteiger partial charge in [0.25, 0.3) is 0 Å². The van der Waals surface area contributed by atoms with E-state index in [1.807, 2.05) is 24.3 Å². The van der Waals surface area contributed by atoms with E-state index >= 15 is 0 Å². The quantitative estimate of drug-likeness (QED) is 0.687. The SMILES string of the molecule is NOCc1occ2ccccc12.